The van der Waals surface area contributed by atoms with Crippen molar-refractivity contribution in [1.29, 1.82) is 0 Å². The molecule has 4 fully saturated rings. The van der Waals surface area contributed by atoms with Crippen LogP contribution in [0.25, 0.3) is 0 Å². The van der Waals surface area contributed by atoms with Gasteiger partial charge < -0.3 is 80.1 Å². The number of ether oxygens (including phenoxy) is 6. The number of halogens is 5. The summed E-state index contributed by atoms with van der Waals surface area (Å²) < 4.78 is 95.5. The van der Waals surface area contributed by atoms with E-state index in [0.717, 1.165) is 46.5 Å². The summed E-state index contributed by atoms with van der Waals surface area (Å²) in [6.45, 7) is -2.84. The zero-order valence-corrected chi connectivity index (χ0v) is 66.1. The molecule has 16 rings (SSSR count). The third-order valence-electron chi connectivity index (χ3n) is 20.3. The van der Waals surface area contributed by atoms with Gasteiger partial charge in [0.15, 0.2) is 23.1 Å². The molecule has 0 unspecified atom stereocenters. The Morgan fingerprint density at radius 2 is 0.704 bits per heavy atom. The van der Waals surface area contributed by atoms with Crippen molar-refractivity contribution in [3.05, 3.63) is 241 Å². The van der Waals surface area contributed by atoms with Crippen LogP contribution in [0.5, 0.6) is 40.2 Å². The number of rotatable bonds is 16. The molecule has 0 spiro atoms. The van der Waals surface area contributed by atoms with Crippen molar-refractivity contribution < 1.29 is 118 Å². The fourth-order valence-corrected chi connectivity index (χ4v) is 14.0. The van der Waals surface area contributed by atoms with Crippen LogP contribution in [-0.2, 0) is 45.4 Å². The number of imide groups is 4. The van der Waals surface area contributed by atoms with Gasteiger partial charge >= 0.3 is 30.7 Å². The van der Waals surface area contributed by atoms with Gasteiger partial charge in [0, 0.05) is 70.7 Å². The highest BCUT2D eigenvalue weighted by Gasteiger charge is 2.53. The Balaban J connectivity index is 0.000000143. The van der Waals surface area contributed by atoms with Crippen LogP contribution < -0.4 is 76.7 Å². The zero-order chi connectivity index (χ0) is 89.6. The molecule has 33 nitrogen and oxygen atoms in total. The highest BCUT2D eigenvalue weighted by atomic mass is 19.3. The van der Waals surface area contributed by atoms with Gasteiger partial charge in [-0.25, -0.2) is 32.3 Å². The van der Waals surface area contributed by atoms with Gasteiger partial charge in [0.25, 0.3) is 53.2 Å². The van der Waals surface area contributed by atoms with Gasteiger partial charge in [-0.05, 0) is 144 Å². The third-order valence-corrected chi connectivity index (χ3v) is 20.3. The van der Waals surface area contributed by atoms with E-state index in [1.807, 2.05) is 0 Å². The molecule has 11 N–H and O–H groups in total. The Hall–Kier alpha value is -16.6. The van der Waals surface area contributed by atoms with Crippen molar-refractivity contribution in [2.45, 2.75) is 54.9 Å². The van der Waals surface area contributed by atoms with Crippen LogP contribution >= 0.6 is 0 Å². The lowest BCUT2D eigenvalue weighted by molar-refractivity contribution is -0.123. The van der Waals surface area contributed by atoms with Crippen molar-refractivity contribution in [3.63, 3.8) is 0 Å². The number of carbonyl (C=O) groups excluding carboxylic acids is 13. The molecule has 4 atom stereocenters. The smallest absolute Gasteiger partial charge is 0.387 e. The fraction of sp³-hybridized carbons (Fsp3) is 0.207. The molecule has 8 aromatic carbocycles. The molecule has 0 aromatic heterocycles. The molecule has 8 aromatic rings. The number of nitrogens with zero attached hydrogens (tertiary/aromatic N) is 4. The first-order valence-electron chi connectivity index (χ1n) is 37.2. The molecule has 4 saturated heterocycles. The zero-order valence-electron chi connectivity index (χ0n) is 66.1. The minimum atomic E-state index is -2.99. The van der Waals surface area contributed by atoms with Crippen LogP contribution in [-0.4, -0.2) is 192 Å². The molecule has 0 aliphatic carbocycles. The number of amides is 17. The van der Waals surface area contributed by atoms with Gasteiger partial charge in [-0.15, -0.1) is 0 Å². The second-order valence-electron chi connectivity index (χ2n) is 28.5. The summed E-state index contributed by atoms with van der Waals surface area (Å²) in [6, 6.07) is 34.1. The Kier molecular flexibility index (Phi) is 24.4. The third kappa shape index (κ3) is 18.4. The maximum Gasteiger partial charge on any atom is 0.387 e. The van der Waals surface area contributed by atoms with Crippen LogP contribution in [0.2, 0.25) is 0 Å². The summed E-state index contributed by atoms with van der Waals surface area (Å²) in [7, 11) is 7.30. The summed E-state index contributed by atoms with van der Waals surface area (Å²) in [4.78, 5) is 166. The quantitative estimate of drug-likeness (QED) is 0.0347. The predicted octanol–water partition coefficient (Wildman–Crippen LogP) is 4.96. The number of methoxy groups -OCH3 is 5. The molecule has 8 aliphatic heterocycles. The molecule has 0 bridgehead atoms. The highest BCUT2D eigenvalue weighted by molar-refractivity contribution is 6.13. The second-order valence-corrected chi connectivity index (χ2v) is 28.5. The number of alkyl halides is 2. The van der Waals surface area contributed by atoms with Crippen molar-refractivity contribution in [1.82, 2.24) is 62.1 Å². The largest absolute Gasteiger partial charge is 0.505 e. The number of aromatic hydroxyl groups is 1. The molecular formula is C87H68F5N13O20. The number of fused-ring (bicyclic) bond motifs is 4. The molecule has 8 heterocycles. The first kappa shape index (κ1) is 86.2. The van der Waals surface area contributed by atoms with Crippen molar-refractivity contribution in [2.75, 3.05) is 61.7 Å². The topological polar surface area (TPSA) is 433 Å². The van der Waals surface area contributed by atoms with Crippen LogP contribution in [0.4, 0.5) is 41.1 Å². The minimum Gasteiger partial charge on any atom is -0.505 e. The van der Waals surface area contributed by atoms with Gasteiger partial charge in [0.05, 0.1) is 67.3 Å². The molecule has 8 aliphatic rings. The van der Waals surface area contributed by atoms with Gasteiger partial charge in [-0.1, -0.05) is 77.7 Å². The van der Waals surface area contributed by atoms with E-state index in [1.54, 1.807) is 72.8 Å². The number of urea groups is 4. The lowest BCUT2D eigenvalue weighted by atomic mass is 9.98. The fourth-order valence-electron chi connectivity index (χ4n) is 14.0. The van der Waals surface area contributed by atoms with E-state index in [4.69, 9.17) is 29.4 Å². The normalized spacial score (nSPS) is 19.3. The Morgan fingerprint density at radius 3 is 1.00 bits per heavy atom. The molecule has 38 heteroatoms. The molecule has 0 radical (unpaired) electrons. The first-order valence-corrected chi connectivity index (χ1v) is 37.2. The van der Waals surface area contributed by atoms with E-state index in [1.165, 1.54) is 110 Å². The average Bonchev–Trinajstić information content (AvgIpc) is 1.65. The van der Waals surface area contributed by atoms with Crippen molar-refractivity contribution in [3.8, 4) is 87.6 Å². The Morgan fingerprint density at radius 1 is 0.392 bits per heavy atom. The minimum absolute atomic E-state index is 0.000114. The van der Waals surface area contributed by atoms with E-state index < -0.39 is 106 Å². The highest BCUT2D eigenvalue weighted by Crippen LogP contribution is 2.35. The molecule has 17 amide bonds. The maximum absolute atomic E-state index is 13.7. The predicted molar refractivity (Wildman–Crippen MR) is 425 cm³/mol. The number of primary amides is 1. The SMILES string of the molecule is COc1ccc2c(c1)C(=O)N(C[C@@]1(C#Cc3ccc(F)c(C(N)=O)c3)NC(=O)NC1=O)C2.COc1ccc2c(c1)C(=O)N(C[C@@]1(C#Cc3ccc(F)c(O)c3)NC(=O)NC1=O)C2.COc1ccc2c(c1)C(=O)N(C[C@@]1(C#Cc3ccc(F)c(OC)c3)NC(=O)NC1=O)C2.COc1ccc2c(c1)C(=O)N(C[C@@]1(C#Cc3cccc(OC(F)F)c3)NC(=O)NC1=O)C2. The van der Waals surface area contributed by atoms with Gasteiger partial charge in [0.1, 0.15) is 34.6 Å². The number of benzene rings is 8. The van der Waals surface area contributed by atoms with Crippen LogP contribution in [0, 0.1) is 64.8 Å². The van der Waals surface area contributed by atoms with E-state index >= 15 is 0 Å². The maximum atomic E-state index is 13.7. The number of hydrogen-bond donors (Lipinski definition) is 10. The lowest BCUT2D eigenvalue weighted by Gasteiger charge is -2.26. The first-order chi connectivity index (χ1) is 59.7. The molecular weight excluding hydrogens is 1640 g/mol. The molecule has 125 heavy (non-hydrogen) atoms. The number of carbonyl (C=O) groups is 13. The summed E-state index contributed by atoms with van der Waals surface area (Å²) in [6.07, 6.45) is 0. The van der Waals surface area contributed by atoms with Crippen LogP contribution in [0.1, 0.15) is 96.3 Å². The number of phenolic OH excluding ortho intramolecular Hbond substituents is 1. The lowest BCUT2D eigenvalue weighted by Crippen LogP contribution is -2.54. The Labute approximate surface area is 705 Å². The van der Waals surface area contributed by atoms with E-state index in [0.29, 0.717) is 50.8 Å². The summed E-state index contributed by atoms with van der Waals surface area (Å²) in [5.41, 5.74) is 3.94. The number of nitrogens with two attached hydrogens (primary N) is 1. The molecule has 0 saturated carbocycles. The average molecular weight is 1710 g/mol. The van der Waals surface area contributed by atoms with Crippen LogP contribution in [0.15, 0.2) is 152 Å². The van der Waals surface area contributed by atoms with Gasteiger partial charge in [0.2, 0.25) is 22.2 Å². The van der Waals surface area contributed by atoms with E-state index in [9.17, 15) is 89.4 Å². The standard InChI is InChI=1S/C22H17F2N3O5.C22H17FN4O5.C22H18FN3O5.C21H16FN3O5/c1-31-15-6-5-14-11-27(18(28)17(14)10-15)12-22(19(29)25-21(30)26-22)8-7-13-3-2-4-16(9-13)32-20(23)24;1-32-14-4-3-13-10-27(19(29)15(13)9-14)11-22(20(30)25-21(31)26-22)7-6-12-2-5-17(23)16(8-12)18(24)28;1-30-15-5-4-14-11-26(19(27)16(14)10-15)12-22(20(28)24-21(29)25-22)8-7-13-3-6-17(23)18(9-13)31-2;1-30-14-4-3-13-10-25(18(27)15(13)9-14)11-21(19(28)23-20(29)24-21)7-6-12-2-5-16(22)17(26)8-12/h2-6,9-10,20H,11-12H2,1H3,(H2,25,26,29,30);2-5,8-9H,10-11H2,1H3,(H2,24,28)(H2,25,26,30,31);3-6,9-10H,11-12H2,1-2H3,(H2,24,25,28,29);2-5,8-9,26H,10-11H2,1H3,(H2,23,24,28,29)/t3*22-;21-/m1111/s1. The number of phenols is 1. The van der Waals surface area contributed by atoms with Crippen LogP contribution in [0.3, 0.4) is 0 Å². The second kappa shape index (κ2) is 35.3. The van der Waals surface area contributed by atoms with Crippen molar-refractivity contribution in [2.24, 2.45) is 5.73 Å². The molecule has 636 valence electrons. The monoisotopic (exact) mass is 1710 g/mol. The number of hydrogen-bond acceptors (Lipinski definition) is 20. The number of nitrogens with one attached hydrogen (secondary N) is 8. The van der Waals surface area contributed by atoms with Gasteiger partial charge in [-0.3, -0.25) is 64.4 Å². The summed E-state index contributed by atoms with van der Waals surface area (Å²) in [5, 5.41) is 28.0. The Bertz CT molecular complexity index is 6220. The van der Waals surface area contributed by atoms with Gasteiger partial charge in [-0.2, -0.15) is 8.78 Å². The van der Waals surface area contributed by atoms with Crippen molar-refractivity contribution >= 4 is 77.3 Å². The van der Waals surface area contributed by atoms with E-state index in [2.05, 4.69) is 94.6 Å². The summed E-state index contributed by atoms with van der Waals surface area (Å²) in [5.74, 6) is 15.9. The summed E-state index contributed by atoms with van der Waals surface area (Å²) >= 11 is 0. The van der Waals surface area contributed by atoms with E-state index in [-0.39, 0.29) is 110 Å².